The number of nitrogens with zero attached hydrogens (tertiary/aromatic N) is 2. The van der Waals surface area contributed by atoms with Crippen LogP contribution in [0.5, 0.6) is 0 Å². The van der Waals surface area contributed by atoms with Gasteiger partial charge in [0.15, 0.2) is 0 Å². The number of pyridine rings is 1. The first-order valence-corrected chi connectivity index (χ1v) is 10.9. The zero-order valence-corrected chi connectivity index (χ0v) is 19.0. The smallest absolute Gasteiger partial charge is 0.274 e. The molecule has 2 rings (SSSR count). The van der Waals surface area contributed by atoms with Gasteiger partial charge in [-0.1, -0.05) is 32.8 Å². The zero-order chi connectivity index (χ0) is 23.0. The van der Waals surface area contributed by atoms with Gasteiger partial charge in [0.05, 0.1) is 5.69 Å². The highest BCUT2D eigenvalue weighted by Gasteiger charge is 2.16. The molecule has 0 atom stereocenters. The van der Waals surface area contributed by atoms with Gasteiger partial charge < -0.3 is 10.6 Å². The number of fused-ring (bicyclic) bond motifs is 1. The van der Waals surface area contributed by atoms with Crippen LogP contribution in [0, 0.1) is 0 Å². The van der Waals surface area contributed by atoms with Crippen molar-refractivity contribution >= 4 is 28.9 Å². The molecule has 2 amide bonds. The fourth-order valence-electron chi connectivity index (χ4n) is 3.34. The van der Waals surface area contributed by atoms with Crippen LogP contribution in [0.3, 0.4) is 0 Å². The molecule has 2 aromatic rings. The summed E-state index contributed by atoms with van der Waals surface area (Å²) in [5.41, 5.74) is 3.70. The maximum absolute atomic E-state index is 12.2. The molecule has 170 valence electrons. The summed E-state index contributed by atoms with van der Waals surface area (Å²) in [6, 6.07) is 3.52. The summed E-state index contributed by atoms with van der Waals surface area (Å²) in [7, 11) is 0. The number of hydroxylamine groups is 1. The van der Waals surface area contributed by atoms with Crippen LogP contribution in [0.1, 0.15) is 71.1 Å². The molecule has 2 aromatic heterocycles. The van der Waals surface area contributed by atoms with E-state index in [-0.39, 0.29) is 17.0 Å². The third-order valence-electron chi connectivity index (χ3n) is 4.85. The van der Waals surface area contributed by atoms with E-state index >= 15 is 0 Å². The predicted octanol–water partition coefficient (Wildman–Crippen LogP) is 3.69. The number of rotatable bonds is 11. The van der Waals surface area contributed by atoms with Gasteiger partial charge >= 0.3 is 0 Å². The van der Waals surface area contributed by atoms with Gasteiger partial charge in [-0.3, -0.25) is 19.2 Å². The fourth-order valence-corrected chi connectivity index (χ4v) is 3.34. The van der Waals surface area contributed by atoms with Gasteiger partial charge in [-0.05, 0) is 51.3 Å². The van der Waals surface area contributed by atoms with Crippen molar-refractivity contribution in [1.82, 2.24) is 20.2 Å². The van der Waals surface area contributed by atoms with Crippen LogP contribution in [0.2, 0.25) is 0 Å². The number of carbonyl (C=O) groups is 2. The van der Waals surface area contributed by atoms with Crippen molar-refractivity contribution in [3.8, 4) is 0 Å². The van der Waals surface area contributed by atoms with Crippen molar-refractivity contribution in [2.45, 2.75) is 71.8 Å². The van der Waals surface area contributed by atoms with E-state index in [1.165, 1.54) is 6.42 Å². The summed E-state index contributed by atoms with van der Waals surface area (Å²) in [4.78, 5) is 28.6. The van der Waals surface area contributed by atoms with Gasteiger partial charge in [0.25, 0.3) is 5.91 Å². The van der Waals surface area contributed by atoms with E-state index in [0.29, 0.717) is 24.2 Å². The molecule has 2 heterocycles. The summed E-state index contributed by atoms with van der Waals surface area (Å²) in [6.45, 7) is 12.3. The molecule has 0 aliphatic rings. The van der Waals surface area contributed by atoms with Crippen LogP contribution in [-0.4, -0.2) is 38.5 Å². The quantitative estimate of drug-likeness (QED) is 0.189. The number of aromatic nitrogens is 2. The Morgan fingerprint density at radius 1 is 1.23 bits per heavy atom. The highest BCUT2D eigenvalue weighted by molar-refractivity contribution is 6.18. The van der Waals surface area contributed by atoms with Gasteiger partial charge in [-0.2, -0.15) is 0 Å². The molecule has 0 bridgehead atoms. The van der Waals surface area contributed by atoms with Crippen molar-refractivity contribution in [2.75, 3.05) is 11.9 Å². The average Bonchev–Trinajstić information content (AvgIpc) is 3.05. The fraction of sp³-hybridized carbons (Fsp3) is 0.522. The van der Waals surface area contributed by atoms with E-state index in [9.17, 15) is 9.59 Å². The van der Waals surface area contributed by atoms with E-state index in [1.807, 2.05) is 31.4 Å². The monoisotopic (exact) mass is 429 g/mol. The molecular weight excluding hydrogens is 394 g/mol. The molecule has 0 radical (unpaired) electrons. The van der Waals surface area contributed by atoms with E-state index in [1.54, 1.807) is 17.6 Å². The van der Waals surface area contributed by atoms with Gasteiger partial charge in [0.2, 0.25) is 5.91 Å². The Labute approximate surface area is 184 Å². The lowest BCUT2D eigenvalue weighted by atomic mass is 10.1. The number of unbranched alkanes of at least 4 members (excludes halogenated alkanes) is 3. The number of carbonyl (C=O) groups excluding carboxylic acids is 2. The van der Waals surface area contributed by atoms with Crippen LogP contribution in [0.25, 0.3) is 11.2 Å². The Morgan fingerprint density at radius 2 is 1.97 bits per heavy atom. The lowest BCUT2D eigenvalue weighted by molar-refractivity contribution is -0.123. The molecule has 8 nitrogen and oxygen atoms in total. The van der Waals surface area contributed by atoms with E-state index in [0.717, 1.165) is 37.2 Å². The SMILES string of the molecule is C=C(C(=O)NO)c1ccn2c(NCCC(=O)NC(C)(C)C)c(CCCCCC)nc2c1. The lowest BCUT2D eigenvalue weighted by Gasteiger charge is -2.20. The second-order valence-corrected chi connectivity index (χ2v) is 8.76. The van der Waals surface area contributed by atoms with Gasteiger partial charge in [0.1, 0.15) is 11.5 Å². The Hall–Kier alpha value is -2.87. The maximum Gasteiger partial charge on any atom is 0.274 e. The number of imidazole rings is 1. The lowest BCUT2D eigenvalue weighted by Crippen LogP contribution is -2.41. The van der Waals surface area contributed by atoms with Crippen LogP contribution >= 0.6 is 0 Å². The highest BCUT2D eigenvalue weighted by Crippen LogP contribution is 2.23. The second kappa shape index (κ2) is 10.9. The summed E-state index contributed by atoms with van der Waals surface area (Å²) >= 11 is 0. The number of hydrogen-bond acceptors (Lipinski definition) is 5. The van der Waals surface area contributed by atoms with Crippen molar-refractivity contribution < 1.29 is 14.8 Å². The summed E-state index contributed by atoms with van der Waals surface area (Å²) in [5, 5.41) is 15.2. The average molecular weight is 430 g/mol. The Morgan fingerprint density at radius 3 is 2.61 bits per heavy atom. The standard InChI is InChI=1S/C23H35N5O3/c1-6-7-8-9-10-18-21(24-13-11-20(29)26-23(3,4)5)28-14-12-17(15-19(28)25-18)16(2)22(30)27-31/h12,14-15,24,31H,2,6-11,13H2,1,3-5H3,(H,26,29)(H,27,30). The second-order valence-electron chi connectivity index (χ2n) is 8.76. The van der Waals surface area contributed by atoms with Crippen molar-refractivity contribution in [2.24, 2.45) is 0 Å². The molecule has 0 saturated heterocycles. The van der Waals surface area contributed by atoms with Gasteiger partial charge in [-0.15, -0.1) is 0 Å². The van der Waals surface area contributed by atoms with Crippen LogP contribution in [0.4, 0.5) is 5.82 Å². The van der Waals surface area contributed by atoms with Crippen LogP contribution in [0.15, 0.2) is 24.9 Å². The molecule has 0 aliphatic heterocycles. The molecular formula is C23H35N5O3. The third-order valence-corrected chi connectivity index (χ3v) is 4.85. The highest BCUT2D eigenvalue weighted by atomic mass is 16.5. The van der Waals surface area contributed by atoms with Gasteiger partial charge in [0, 0.05) is 30.3 Å². The number of hydrogen-bond donors (Lipinski definition) is 4. The van der Waals surface area contributed by atoms with E-state index < -0.39 is 5.91 Å². The number of aryl methyl sites for hydroxylation is 1. The van der Waals surface area contributed by atoms with Crippen molar-refractivity contribution in [3.05, 3.63) is 36.2 Å². The first kappa shape index (κ1) is 24.4. The van der Waals surface area contributed by atoms with Crippen molar-refractivity contribution in [3.63, 3.8) is 0 Å². The Balaban J connectivity index is 2.22. The van der Waals surface area contributed by atoms with Crippen LogP contribution < -0.4 is 16.1 Å². The molecule has 31 heavy (non-hydrogen) atoms. The van der Waals surface area contributed by atoms with Gasteiger partial charge in [-0.25, -0.2) is 10.5 Å². The number of anilines is 1. The Kier molecular flexibility index (Phi) is 8.62. The van der Waals surface area contributed by atoms with E-state index in [2.05, 4.69) is 24.1 Å². The molecule has 0 fully saturated rings. The minimum absolute atomic E-state index is 0.00748. The number of amides is 2. The maximum atomic E-state index is 12.2. The van der Waals surface area contributed by atoms with E-state index in [4.69, 9.17) is 10.2 Å². The topological polar surface area (TPSA) is 108 Å². The molecule has 0 spiro atoms. The molecule has 8 heteroatoms. The molecule has 0 saturated carbocycles. The molecule has 0 aromatic carbocycles. The third kappa shape index (κ3) is 7.10. The summed E-state index contributed by atoms with van der Waals surface area (Å²) < 4.78 is 1.92. The molecule has 0 unspecified atom stereocenters. The minimum atomic E-state index is -0.654. The first-order valence-electron chi connectivity index (χ1n) is 10.9. The molecule has 0 aliphatic carbocycles. The zero-order valence-electron chi connectivity index (χ0n) is 19.0. The van der Waals surface area contributed by atoms with Crippen molar-refractivity contribution in [1.29, 1.82) is 0 Å². The Bertz CT molecular complexity index is 927. The normalized spacial score (nSPS) is 11.4. The molecule has 4 N–H and O–H groups in total. The summed E-state index contributed by atoms with van der Waals surface area (Å²) in [5.74, 6) is 0.199. The van der Waals surface area contributed by atoms with Crippen LogP contribution in [-0.2, 0) is 16.0 Å². The minimum Gasteiger partial charge on any atom is -0.369 e. The predicted molar refractivity (Wildman–Crippen MR) is 123 cm³/mol. The first-order chi connectivity index (χ1) is 14.7. The number of nitrogens with one attached hydrogen (secondary N) is 3. The largest absolute Gasteiger partial charge is 0.369 e. The summed E-state index contributed by atoms with van der Waals surface area (Å²) in [6.07, 6.45) is 7.51.